The third kappa shape index (κ3) is 3.19. The molecule has 2 heterocycles. The van der Waals surface area contributed by atoms with E-state index in [1.54, 1.807) is 6.07 Å². The Morgan fingerprint density at radius 1 is 1.22 bits per heavy atom. The lowest BCUT2D eigenvalue weighted by Gasteiger charge is -2.32. The minimum Gasteiger partial charge on any atom is -0.372 e. The quantitative estimate of drug-likeness (QED) is 0.882. The highest BCUT2D eigenvalue weighted by Gasteiger charge is 2.29. The number of rotatable bonds is 2. The number of amides is 2. The van der Waals surface area contributed by atoms with Crippen LogP contribution in [-0.2, 0) is 4.79 Å². The Kier molecular flexibility index (Phi) is 4.28. The molecule has 2 amide bonds. The van der Waals surface area contributed by atoms with E-state index in [1.165, 1.54) is 0 Å². The summed E-state index contributed by atoms with van der Waals surface area (Å²) in [4.78, 5) is 26.7. The number of fused-ring (bicyclic) bond motifs is 1. The summed E-state index contributed by atoms with van der Waals surface area (Å²) in [5, 5.41) is 6.19. The van der Waals surface area contributed by atoms with E-state index >= 15 is 0 Å². The van der Waals surface area contributed by atoms with Crippen molar-refractivity contribution in [1.82, 2.24) is 4.90 Å². The number of anilines is 2. The van der Waals surface area contributed by atoms with Gasteiger partial charge in [-0.05, 0) is 42.9 Å². The van der Waals surface area contributed by atoms with Gasteiger partial charge in [0, 0.05) is 18.7 Å². The number of nitrogens with zero attached hydrogens (tertiary/aromatic N) is 1. The summed E-state index contributed by atoms with van der Waals surface area (Å²) in [6.45, 7) is 7.89. The van der Waals surface area contributed by atoms with Crippen LogP contribution in [0.2, 0.25) is 0 Å². The standard InChI is InChI=1S/C18H25N3O2/c1-11(2)16-17(22)20-15-10-13(4-5-14(15)19-16)18(23)21-8-6-12(3)7-9-21/h4-5,10-12,16,19H,6-9H2,1-3H3,(H,20,22). The fourth-order valence-corrected chi connectivity index (χ4v) is 3.21. The average Bonchev–Trinajstić information content (AvgIpc) is 2.53. The van der Waals surface area contributed by atoms with Crippen molar-refractivity contribution in [3.05, 3.63) is 23.8 Å². The molecule has 1 aromatic carbocycles. The Bertz CT molecular complexity index is 619. The zero-order valence-electron chi connectivity index (χ0n) is 14.1. The molecule has 2 N–H and O–H groups in total. The maximum Gasteiger partial charge on any atom is 0.253 e. The van der Waals surface area contributed by atoms with Crippen molar-refractivity contribution in [2.24, 2.45) is 11.8 Å². The van der Waals surface area contributed by atoms with E-state index in [4.69, 9.17) is 0 Å². The van der Waals surface area contributed by atoms with Gasteiger partial charge in [0.2, 0.25) is 5.91 Å². The summed E-state index contributed by atoms with van der Waals surface area (Å²) in [6.07, 6.45) is 2.12. The van der Waals surface area contributed by atoms with Crippen LogP contribution in [0, 0.1) is 11.8 Å². The number of carbonyl (C=O) groups excluding carboxylic acids is 2. The van der Waals surface area contributed by atoms with E-state index in [2.05, 4.69) is 17.6 Å². The van der Waals surface area contributed by atoms with Crippen molar-refractivity contribution < 1.29 is 9.59 Å². The first-order chi connectivity index (χ1) is 11.0. The number of nitrogens with one attached hydrogen (secondary N) is 2. The van der Waals surface area contributed by atoms with Crippen molar-refractivity contribution in [2.45, 2.75) is 39.7 Å². The summed E-state index contributed by atoms with van der Waals surface area (Å²) in [7, 11) is 0. The molecule has 124 valence electrons. The van der Waals surface area contributed by atoms with Gasteiger partial charge in [-0.1, -0.05) is 20.8 Å². The molecule has 5 heteroatoms. The number of carbonyl (C=O) groups is 2. The maximum absolute atomic E-state index is 12.6. The molecule has 0 bridgehead atoms. The Morgan fingerprint density at radius 3 is 2.57 bits per heavy atom. The number of hydrogen-bond acceptors (Lipinski definition) is 3. The summed E-state index contributed by atoms with van der Waals surface area (Å²) in [5.74, 6) is 0.919. The molecule has 1 unspecified atom stereocenters. The van der Waals surface area contributed by atoms with Gasteiger partial charge in [0.05, 0.1) is 11.4 Å². The fourth-order valence-electron chi connectivity index (χ4n) is 3.21. The van der Waals surface area contributed by atoms with Crippen LogP contribution in [0.15, 0.2) is 18.2 Å². The van der Waals surface area contributed by atoms with Crippen molar-refractivity contribution in [3.8, 4) is 0 Å². The maximum atomic E-state index is 12.6. The zero-order chi connectivity index (χ0) is 16.6. The molecule has 0 spiro atoms. The lowest BCUT2D eigenvalue weighted by atomic mass is 9.97. The third-order valence-electron chi connectivity index (χ3n) is 4.86. The highest BCUT2D eigenvalue weighted by atomic mass is 16.2. The van der Waals surface area contributed by atoms with Gasteiger partial charge >= 0.3 is 0 Å². The van der Waals surface area contributed by atoms with E-state index in [1.807, 2.05) is 30.9 Å². The molecule has 1 saturated heterocycles. The Morgan fingerprint density at radius 2 is 1.91 bits per heavy atom. The van der Waals surface area contributed by atoms with Gasteiger partial charge in [0.1, 0.15) is 6.04 Å². The predicted molar refractivity (Wildman–Crippen MR) is 91.6 cm³/mol. The van der Waals surface area contributed by atoms with Crippen LogP contribution in [0.5, 0.6) is 0 Å². The van der Waals surface area contributed by atoms with Gasteiger partial charge in [-0.2, -0.15) is 0 Å². The summed E-state index contributed by atoms with van der Waals surface area (Å²) in [6, 6.07) is 5.30. The first-order valence-electron chi connectivity index (χ1n) is 8.46. The lowest BCUT2D eigenvalue weighted by Crippen LogP contribution is -2.42. The van der Waals surface area contributed by atoms with Crippen molar-refractivity contribution >= 4 is 23.2 Å². The highest BCUT2D eigenvalue weighted by molar-refractivity contribution is 6.05. The van der Waals surface area contributed by atoms with E-state index in [9.17, 15) is 9.59 Å². The van der Waals surface area contributed by atoms with Gasteiger partial charge < -0.3 is 15.5 Å². The molecule has 0 aliphatic carbocycles. The predicted octanol–water partition coefficient (Wildman–Crippen LogP) is 2.95. The van der Waals surface area contributed by atoms with Crippen LogP contribution in [0.1, 0.15) is 44.0 Å². The van der Waals surface area contributed by atoms with Crippen LogP contribution in [0.3, 0.4) is 0 Å². The van der Waals surface area contributed by atoms with E-state index in [-0.39, 0.29) is 23.8 Å². The van der Waals surface area contributed by atoms with Crippen molar-refractivity contribution in [2.75, 3.05) is 23.7 Å². The minimum atomic E-state index is -0.229. The normalized spacial score (nSPS) is 21.7. The zero-order valence-corrected chi connectivity index (χ0v) is 14.1. The first kappa shape index (κ1) is 15.8. The molecular formula is C18H25N3O2. The fraction of sp³-hybridized carbons (Fsp3) is 0.556. The molecule has 2 aliphatic rings. The molecule has 0 radical (unpaired) electrons. The topological polar surface area (TPSA) is 61.4 Å². The second-order valence-electron chi connectivity index (χ2n) is 7.09. The van der Waals surface area contributed by atoms with Gasteiger partial charge in [-0.15, -0.1) is 0 Å². The summed E-state index contributed by atoms with van der Waals surface area (Å²) in [5.41, 5.74) is 2.22. The molecule has 0 saturated carbocycles. The Hall–Kier alpha value is -2.04. The van der Waals surface area contributed by atoms with E-state index in [0.29, 0.717) is 17.2 Å². The summed E-state index contributed by atoms with van der Waals surface area (Å²) < 4.78 is 0. The monoisotopic (exact) mass is 315 g/mol. The van der Waals surface area contributed by atoms with Gasteiger partial charge in [0.25, 0.3) is 5.91 Å². The van der Waals surface area contributed by atoms with Crippen molar-refractivity contribution in [3.63, 3.8) is 0 Å². The third-order valence-corrected chi connectivity index (χ3v) is 4.86. The molecule has 1 fully saturated rings. The molecule has 1 atom stereocenters. The number of hydrogen-bond donors (Lipinski definition) is 2. The van der Waals surface area contributed by atoms with Crippen molar-refractivity contribution in [1.29, 1.82) is 0 Å². The number of benzene rings is 1. The van der Waals surface area contributed by atoms with Crippen LogP contribution in [-0.4, -0.2) is 35.8 Å². The van der Waals surface area contributed by atoms with Gasteiger partial charge in [-0.3, -0.25) is 9.59 Å². The molecule has 1 aromatic rings. The van der Waals surface area contributed by atoms with Gasteiger partial charge in [0.15, 0.2) is 0 Å². The first-order valence-corrected chi connectivity index (χ1v) is 8.46. The van der Waals surface area contributed by atoms with E-state index < -0.39 is 0 Å². The number of piperidine rings is 1. The van der Waals surface area contributed by atoms with Crippen LogP contribution in [0.4, 0.5) is 11.4 Å². The SMILES string of the molecule is CC1CCN(C(=O)c2ccc3c(c2)NC(=O)C(C(C)C)N3)CC1. The molecule has 2 aliphatic heterocycles. The second-order valence-corrected chi connectivity index (χ2v) is 7.09. The molecule has 5 nitrogen and oxygen atoms in total. The second kappa shape index (κ2) is 6.22. The van der Waals surface area contributed by atoms with Crippen LogP contribution >= 0.6 is 0 Å². The van der Waals surface area contributed by atoms with Crippen LogP contribution in [0.25, 0.3) is 0 Å². The minimum absolute atomic E-state index is 0.0381. The molecular weight excluding hydrogens is 290 g/mol. The summed E-state index contributed by atoms with van der Waals surface area (Å²) >= 11 is 0. The number of likely N-dealkylation sites (tertiary alicyclic amines) is 1. The Labute approximate surface area is 137 Å². The highest BCUT2D eigenvalue weighted by Crippen LogP contribution is 2.30. The molecule has 0 aromatic heterocycles. The van der Waals surface area contributed by atoms with E-state index in [0.717, 1.165) is 31.6 Å². The van der Waals surface area contributed by atoms with Gasteiger partial charge in [-0.25, -0.2) is 0 Å². The largest absolute Gasteiger partial charge is 0.372 e. The smallest absolute Gasteiger partial charge is 0.253 e. The Balaban J connectivity index is 1.78. The lowest BCUT2D eigenvalue weighted by molar-refractivity contribution is -0.117. The molecule has 3 rings (SSSR count). The average molecular weight is 315 g/mol. The molecule has 23 heavy (non-hydrogen) atoms. The van der Waals surface area contributed by atoms with Crippen LogP contribution < -0.4 is 10.6 Å².